The average Bonchev–Trinajstić information content (AvgIpc) is 2.56. The molecule has 0 unspecified atom stereocenters. The number of aromatic nitrogens is 3. The van der Waals surface area contributed by atoms with Crippen molar-refractivity contribution >= 4 is 0 Å². The van der Waals surface area contributed by atoms with E-state index < -0.39 is 0 Å². The minimum Gasteiger partial charge on any atom is -0.393 e. The Morgan fingerprint density at radius 1 is 1.50 bits per heavy atom. The molecule has 14 heavy (non-hydrogen) atoms. The molecule has 2 rings (SSSR count). The molecule has 1 fully saturated rings. The third-order valence-electron chi connectivity index (χ3n) is 2.59. The zero-order valence-electron chi connectivity index (χ0n) is 8.43. The molecule has 5 heteroatoms. The van der Waals surface area contributed by atoms with Crippen LogP contribution in [0, 0.1) is 0 Å². The van der Waals surface area contributed by atoms with Crippen LogP contribution in [-0.4, -0.2) is 44.2 Å². The molecule has 0 atom stereocenters. The highest BCUT2D eigenvalue weighted by atomic mass is 16.3. The van der Waals surface area contributed by atoms with E-state index >= 15 is 0 Å². The molecule has 78 valence electrons. The Morgan fingerprint density at radius 3 is 2.79 bits per heavy atom. The van der Waals surface area contributed by atoms with Gasteiger partial charge < -0.3 is 5.11 Å². The number of piperidine rings is 1. The molecule has 0 radical (unpaired) electrons. The number of aliphatic hydroxyl groups is 1. The van der Waals surface area contributed by atoms with Crippen molar-refractivity contribution in [1.82, 2.24) is 19.9 Å². The molecule has 0 spiro atoms. The Hall–Kier alpha value is -0.940. The van der Waals surface area contributed by atoms with E-state index in [4.69, 9.17) is 0 Å². The predicted molar refractivity (Wildman–Crippen MR) is 51.5 cm³/mol. The van der Waals surface area contributed by atoms with Gasteiger partial charge in [0.1, 0.15) is 0 Å². The maximum atomic E-state index is 9.34. The van der Waals surface area contributed by atoms with Crippen molar-refractivity contribution in [1.29, 1.82) is 0 Å². The summed E-state index contributed by atoms with van der Waals surface area (Å²) in [7, 11) is 1.87. The van der Waals surface area contributed by atoms with Gasteiger partial charge in [-0.25, -0.2) is 0 Å². The minimum atomic E-state index is -0.104. The van der Waals surface area contributed by atoms with Gasteiger partial charge in [0.15, 0.2) is 0 Å². The number of hydrogen-bond acceptors (Lipinski definition) is 4. The molecule has 1 aliphatic rings. The van der Waals surface area contributed by atoms with Crippen LogP contribution in [0.2, 0.25) is 0 Å². The maximum absolute atomic E-state index is 9.34. The molecule has 1 saturated heterocycles. The van der Waals surface area contributed by atoms with Crippen LogP contribution < -0.4 is 0 Å². The molecule has 1 N–H and O–H groups in total. The van der Waals surface area contributed by atoms with Crippen molar-refractivity contribution in [2.24, 2.45) is 7.05 Å². The van der Waals surface area contributed by atoms with E-state index in [1.807, 2.05) is 13.2 Å². The van der Waals surface area contributed by atoms with Crippen LogP contribution >= 0.6 is 0 Å². The summed E-state index contributed by atoms with van der Waals surface area (Å²) in [6.07, 6.45) is 3.58. The van der Waals surface area contributed by atoms with Crippen LogP contribution in [0.25, 0.3) is 0 Å². The normalized spacial score (nSPS) is 20.1. The zero-order valence-corrected chi connectivity index (χ0v) is 8.43. The number of likely N-dealkylation sites (tertiary alicyclic amines) is 1. The van der Waals surface area contributed by atoms with Gasteiger partial charge in [0.05, 0.1) is 11.8 Å². The summed E-state index contributed by atoms with van der Waals surface area (Å²) >= 11 is 0. The summed E-state index contributed by atoms with van der Waals surface area (Å²) in [4.78, 5) is 2.30. The van der Waals surface area contributed by atoms with Crippen LogP contribution in [0.3, 0.4) is 0 Å². The van der Waals surface area contributed by atoms with E-state index in [2.05, 4.69) is 15.2 Å². The first kappa shape index (κ1) is 9.61. The average molecular weight is 196 g/mol. The molecular weight excluding hydrogens is 180 g/mol. The Kier molecular flexibility index (Phi) is 2.79. The van der Waals surface area contributed by atoms with E-state index in [-0.39, 0.29) is 6.10 Å². The lowest BCUT2D eigenvalue weighted by atomic mass is 10.1. The molecule has 0 bridgehead atoms. The van der Waals surface area contributed by atoms with Crippen molar-refractivity contribution in [2.45, 2.75) is 25.5 Å². The van der Waals surface area contributed by atoms with Gasteiger partial charge >= 0.3 is 0 Å². The molecule has 1 aromatic rings. The number of rotatable bonds is 2. The predicted octanol–water partition coefficient (Wildman–Crippen LogP) is -0.228. The molecular formula is C9H16N4O. The zero-order chi connectivity index (χ0) is 9.97. The van der Waals surface area contributed by atoms with E-state index in [0.717, 1.165) is 38.2 Å². The summed E-state index contributed by atoms with van der Waals surface area (Å²) in [6, 6.07) is 0. The minimum absolute atomic E-state index is 0.104. The monoisotopic (exact) mass is 196 g/mol. The summed E-state index contributed by atoms with van der Waals surface area (Å²) < 4.78 is 1.72. The molecule has 1 aromatic heterocycles. The topological polar surface area (TPSA) is 54.2 Å². The van der Waals surface area contributed by atoms with Crippen LogP contribution in [0.1, 0.15) is 18.5 Å². The lowest BCUT2D eigenvalue weighted by Crippen LogP contribution is -2.35. The second-order valence-corrected chi connectivity index (χ2v) is 3.89. The third-order valence-corrected chi connectivity index (χ3v) is 2.59. The molecule has 1 aliphatic heterocycles. The summed E-state index contributed by atoms with van der Waals surface area (Å²) in [5, 5.41) is 17.3. The van der Waals surface area contributed by atoms with Crippen LogP contribution in [-0.2, 0) is 13.6 Å². The molecule has 0 saturated carbocycles. The largest absolute Gasteiger partial charge is 0.393 e. The second kappa shape index (κ2) is 4.06. The Balaban J connectivity index is 1.86. The van der Waals surface area contributed by atoms with Gasteiger partial charge in [-0.15, -0.1) is 5.10 Å². The summed E-state index contributed by atoms with van der Waals surface area (Å²) in [5.74, 6) is 0. The summed E-state index contributed by atoms with van der Waals surface area (Å²) in [6.45, 7) is 2.76. The van der Waals surface area contributed by atoms with E-state index in [0.29, 0.717) is 0 Å². The maximum Gasteiger partial charge on any atom is 0.0967 e. The lowest BCUT2D eigenvalue weighted by Gasteiger charge is -2.28. The molecule has 2 heterocycles. The molecule has 0 aromatic carbocycles. The smallest absolute Gasteiger partial charge is 0.0967 e. The van der Waals surface area contributed by atoms with E-state index in [1.165, 1.54) is 0 Å². The number of aliphatic hydroxyl groups excluding tert-OH is 1. The first-order valence-corrected chi connectivity index (χ1v) is 4.99. The highest BCUT2D eigenvalue weighted by Gasteiger charge is 2.17. The standard InChI is InChI=1S/C9H16N4O/c1-12-6-8(10-11-12)7-13-4-2-9(14)3-5-13/h6,9,14H,2-5,7H2,1H3. The number of nitrogens with zero attached hydrogens (tertiary/aromatic N) is 4. The van der Waals surface area contributed by atoms with E-state index in [9.17, 15) is 5.11 Å². The molecule has 0 aliphatic carbocycles. The van der Waals surface area contributed by atoms with Crippen molar-refractivity contribution in [3.05, 3.63) is 11.9 Å². The molecule has 5 nitrogen and oxygen atoms in total. The van der Waals surface area contributed by atoms with Crippen LogP contribution in [0.4, 0.5) is 0 Å². The van der Waals surface area contributed by atoms with E-state index in [1.54, 1.807) is 4.68 Å². The van der Waals surface area contributed by atoms with Crippen LogP contribution in [0.5, 0.6) is 0 Å². The van der Waals surface area contributed by atoms with Gasteiger partial charge in [-0.05, 0) is 12.8 Å². The third kappa shape index (κ3) is 2.30. The molecule has 0 amide bonds. The fourth-order valence-electron chi connectivity index (χ4n) is 1.77. The van der Waals surface area contributed by atoms with Crippen LogP contribution in [0.15, 0.2) is 6.20 Å². The summed E-state index contributed by atoms with van der Waals surface area (Å²) in [5.41, 5.74) is 1.00. The van der Waals surface area contributed by atoms with Gasteiger partial charge in [0.2, 0.25) is 0 Å². The van der Waals surface area contributed by atoms with Crippen molar-refractivity contribution in [3.63, 3.8) is 0 Å². The fourth-order valence-corrected chi connectivity index (χ4v) is 1.77. The highest BCUT2D eigenvalue weighted by Crippen LogP contribution is 2.11. The number of hydrogen-bond donors (Lipinski definition) is 1. The number of aryl methyl sites for hydroxylation is 1. The van der Waals surface area contributed by atoms with Gasteiger partial charge in [0.25, 0.3) is 0 Å². The van der Waals surface area contributed by atoms with Gasteiger partial charge in [0, 0.05) is 32.9 Å². The Bertz CT molecular complexity index is 291. The SMILES string of the molecule is Cn1cc(CN2CCC(O)CC2)nn1. The van der Waals surface area contributed by atoms with Gasteiger partial charge in [-0.3, -0.25) is 9.58 Å². The van der Waals surface area contributed by atoms with Crippen molar-refractivity contribution in [3.8, 4) is 0 Å². The quantitative estimate of drug-likeness (QED) is 0.710. The van der Waals surface area contributed by atoms with Gasteiger partial charge in [-0.2, -0.15) is 0 Å². The van der Waals surface area contributed by atoms with Crippen molar-refractivity contribution in [2.75, 3.05) is 13.1 Å². The first-order chi connectivity index (χ1) is 6.74. The first-order valence-electron chi connectivity index (χ1n) is 4.99. The fraction of sp³-hybridized carbons (Fsp3) is 0.778. The Labute approximate surface area is 83.3 Å². The van der Waals surface area contributed by atoms with Gasteiger partial charge in [-0.1, -0.05) is 5.21 Å². The highest BCUT2D eigenvalue weighted by molar-refractivity contribution is 4.92. The lowest BCUT2D eigenvalue weighted by molar-refractivity contribution is 0.0786. The second-order valence-electron chi connectivity index (χ2n) is 3.89. The Morgan fingerprint density at radius 2 is 2.21 bits per heavy atom. The van der Waals surface area contributed by atoms with Crippen molar-refractivity contribution < 1.29 is 5.11 Å².